The van der Waals surface area contributed by atoms with Gasteiger partial charge < -0.3 is 5.32 Å². The Morgan fingerprint density at radius 1 is 1.18 bits per heavy atom. The van der Waals surface area contributed by atoms with Gasteiger partial charge in [-0.3, -0.25) is 9.69 Å². The molecule has 0 radical (unpaired) electrons. The van der Waals surface area contributed by atoms with Crippen molar-refractivity contribution in [2.75, 3.05) is 11.9 Å². The summed E-state index contributed by atoms with van der Waals surface area (Å²) in [6, 6.07) is 9.96. The van der Waals surface area contributed by atoms with Crippen LogP contribution in [0.15, 0.2) is 42.5 Å². The molecule has 3 rings (SSSR count). The fourth-order valence-corrected chi connectivity index (χ4v) is 3.61. The highest BCUT2D eigenvalue weighted by Crippen LogP contribution is 2.37. The van der Waals surface area contributed by atoms with Crippen molar-refractivity contribution in [1.82, 2.24) is 4.90 Å². The van der Waals surface area contributed by atoms with Crippen LogP contribution in [0.2, 0.25) is 10.0 Å². The first-order valence-corrected chi connectivity index (χ1v) is 9.59. The van der Waals surface area contributed by atoms with Gasteiger partial charge in [-0.05, 0) is 49.6 Å². The molecule has 1 fully saturated rings. The van der Waals surface area contributed by atoms with Gasteiger partial charge in [-0.25, -0.2) is 0 Å². The maximum absolute atomic E-state index is 13.0. The number of anilines is 1. The molecule has 0 heterocycles. The Bertz CT molecular complexity index is 849. The topological polar surface area (TPSA) is 32.3 Å². The lowest BCUT2D eigenvalue weighted by Gasteiger charge is -2.29. The predicted molar refractivity (Wildman–Crippen MR) is 105 cm³/mol. The quantitative estimate of drug-likeness (QED) is 0.593. The lowest BCUT2D eigenvalue weighted by molar-refractivity contribution is -0.137. The molecule has 0 saturated heterocycles. The molecule has 1 saturated carbocycles. The summed E-state index contributed by atoms with van der Waals surface area (Å²) in [5.41, 5.74) is 0.156. The Morgan fingerprint density at radius 3 is 2.36 bits per heavy atom. The van der Waals surface area contributed by atoms with Crippen LogP contribution in [0.1, 0.15) is 36.9 Å². The first-order chi connectivity index (χ1) is 13.2. The summed E-state index contributed by atoms with van der Waals surface area (Å²) in [5, 5.41) is 3.36. The van der Waals surface area contributed by atoms with Crippen LogP contribution >= 0.6 is 23.2 Å². The van der Waals surface area contributed by atoms with E-state index in [4.69, 9.17) is 23.2 Å². The van der Waals surface area contributed by atoms with Gasteiger partial charge in [0.15, 0.2) is 0 Å². The Kier molecular flexibility index (Phi) is 6.22. The molecule has 0 bridgehead atoms. The summed E-state index contributed by atoms with van der Waals surface area (Å²) < 4.78 is 39.1. The average molecular weight is 431 g/mol. The van der Waals surface area contributed by atoms with Gasteiger partial charge in [0.25, 0.3) is 0 Å². The molecule has 1 N–H and O–H groups in total. The molecule has 28 heavy (non-hydrogen) atoms. The van der Waals surface area contributed by atoms with E-state index in [2.05, 4.69) is 5.32 Å². The van der Waals surface area contributed by atoms with Crippen molar-refractivity contribution in [3.8, 4) is 0 Å². The summed E-state index contributed by atoms with van der Waals surface area (Å²) in [6.07, 6.45) is -2.59. The number of carbonyl (C=O) groups excluding carboxylic acids is 1. The zero-order valence-electron chi connectivity index (χ0n) is 15.1. The maximum Gasteiger partial charge on any atom is 0.416 e. The van der Waals surface area contributed by atoms with E-state index in [9.17, 15) is 18.0 Å². The van der Waals surface area contributed by atoms with E-state index in [1.807, 2.05) is 11.8 Å². The molecule has 1 unspecified atom stereocenters. The van der Waals surface area contributed by atoms with E-state index in [0.717, 1.165) is 25.0 Å². The number of nitrogens with one attached hydrogen (secondary N) is 1. The van der Waals surface area contributed by atoms with E-state index in [1.165, 1.54) is 6.07 Å². The second-order valence-corrected chi connectivity index (χ2v) is 7.66. The number of hydrogen-bond donors (Lipinski definition) is 1. The second kappa shape index (κ2) is 8.31. The molecule has 1 atom stereocenters. The van der Waals surface area contributed by atoms with Crippen LogP contribution in [0.4, 0.5) is 18.9 Å². The van der Waals surface area contributed by atoms with Crippen molar-refractivity contribution in [2.45, 2.75) is 38.0 Å². The molecule has 0 aliphatic heterocycles. The van der Waals surface area contributed by atoms with E-state index < -0.39 is 11.7 Å². The molecule has 1 amide bonds. The van der Waals surface area contributed by atoms with Crippen LogP contribution in [0.5, 0.6) is 0 Å². The van der Waals surface area contributed by atoms with E-state index in [-0.39, 0.29) is 24.5 Å². The minimum atomic E-state index is -4.40. The zero-order valence-corrected chi connectivity index (χ0v) is 16.6. The largest absolute Gasteiger partial charge is 0.416 e. The maximum atomic E-state index is 13.0. The molecule has 150 valence electrons. The molecule has 0 aromatic heterocycles. The first-order valence-electron chi connectivity index (χ1n) is 8.83. The minimum absolute atomic E-state index is 0.0314. The minimum Gasteiger partial charge on any atom is -0.322 e. The molecule has 3 nitrogen and oxygen atoms in total. The van der Waals surface area contributed by atoms with Crippen LogP contribution in [0.25, 0.3) is 0 Å². The molecule has 0 spiro atoms. The monoisotopic (exact) mass is 430 g/mol. The van der Waals surface area contributed by atoms with Crippen molar-refractivity contribution in [3.63, 3.8) is 0 Å². The number of rotatable bonds is 6. The third kappa shape index (κ3) is 4.99. The Morgan fingerprint density at radius 2 is 1.79 bits per heavy atom. The van der Waals surface area contributed by atoms with Crippen molar-refractivity contribution < 1.29 is 18.0 Å². The van der Waals surface area contributed by atoms with Gasteiger partial charge in [-0.2, -0.15) is 13.2 Å². The standard InChI is InChI=1S/C20H19Cl2F3N2O/c1-12(13-4-2-5-14(10-13)20(23,24)25)27(15-8-9-15)11-18(28)26-19-16(21)6-3-7-17(19)22/h2-7,10,12,15H,8-9,11H2,1H3,(H,26,28). The molecule has 1 aliphatic rings. The Hall–Kier alpha value is -1.76. The van der Waals surface area contributed by atoms with Crippen molar-refractivity contribution in [3.05, 3.63) is 63.6 Å². The highest BCUT2D eigenvalue weighted by atomic mass is 35.5. The Labute approximate surface area is 171 Å². The van der Waals surface area contributed by atoms with Gasteiger partial charge in [0, 0.05) is 12.1 Å². The number of alkyl halides is 3. The SMILES string of the molecule is CC(c1cccc(C(F)(F)F)c1)N(CC(=O)Nc1c(Cl)cccc1Cl)C1CC1. The summed E-state index contributed by atoms with van der Waals surface area (Å²) in [5.74, 6) is -0.319. The fraction of sp³-hybridized carbons (Fsp3) is 0.350. The van der Waals surface area contributed by atoms with E-state index >= 15 is 0 Å². The number of hydrogen-bond acceptors (Lipinski definition) is 2. The van der Waals surface area contributed by atoms with Crippen LogP contribution in [-0.4, -0.2) is 23.4 Å². The van der Waals surface area contributed by atoms with Gasteiger partial charge in [0.1, 0.15) is 0 Å². The number of nitrogens with zero attached hydrogens (tertiary/aromatic N) is 1. The van der Waals surface area contributed by atoms with Crippen molar-refractivity contribution >= 4 is 34.8 Å². The second-order valence-electron chi connectivity index (χ2n) is 6.85. The van der Waals surface area contributed by atoms with E-state index in [0.29, 0.717) is 21.3 Å². The third-order valence-electron chi connectivity index (χ3n) is 4.76. The van der Waals surface area contributed by atoms with Gasteiger partial charge in [-0.15, -0.1) is 0 Å². The van der Waals surface area contributed by atoms with Crippen LogP contribution in [0.3, 0.4) is 0 Å². The molecule has 8 heteroatoms. The number of para-hydroxylation sites is 1. The highest BCUT2D eigenvalue weighted by molar-refractivity contribution is 6.39. The number of amides is 1. The highest BCUT2D eigenvalue weighted by Gasteiger charge is 2.35. The zero-order chi connectivity index (χ0) is 20.5. The summed E-state index contributed by atoms with van der Waals surface area (Å²) in [7, 11) is 0. The van der Waals surface area contributed by atoms with Gasteiger partial charge >= 0.3 is 6.18 Å². The number of halogens is 5. The average Bonchev–Trinajstić information content (AvgIpc) is 3.47. The van der Waals surface area contributed by atoms with Crippen molar-refractivity contribution in [2.24, 2.45) is 0 Å². The lowest BCUT2D eigenvalue weighted by atomic mass is 10.0. The molecule has 2 aromatic carbocycles. The normalized spacial score (nSPS) is 15.5. The molecular formula is C20H19Cl2F3N2O. The summed E-state index contributed by atoms with van der Waals surface area (Å²) >= 11 is 12.2. The first kappa shape index (κ1) is 21.0. The van der Waals surface area contributed by atoms with Gasteiger partial charge in [0.05, 0.1) is 27.8 Å². The Balaban J connectivity index is 1.76. The molecular weight excluding hydrogens is 412 g/mol. The summed E-state index contributed by atoms with van der Waals surface area (Å²) in [6.45, 7) is 1.84. The van der Waals surface area contributed by atoms with Gasteiger partial charge in [0.2, 0.25) is 5.91 Å². The van der Waals surface area contributed by atoms with Gasteiger partial charge in [-0.1, -0.05) is 41.4 Å². The molecule has 1 aliphatic carbocycles. The predicted octanol–water partition coefficient (Wildman–Crippen LogP) is 6.18. The molecule has 2 aromatic rings. The van der Waals surface area contributed by atoms with Crippen molar-refractivity contribution in [1.29, 1.82) is 0 Å². The van der Waals surface area contributed by atoms with Crippen LogP contribution in [0, 0.1) is 0 Å². The third-order valence-corrected chi connectivity index (χ3v) is 5.39. The smallest absolute Gasteiger partial charge is 0.322 e. The van der Waals surface area contributed by atoms with Crippen LogP contribution in [-0.2, 0) is 11.0 Å². The number of benzene rings is 2. The lowest BCUT2D eigenvalue weighted by Crippen LogP contribution is -2.37. The summed E-state index contributed by atoms with van der Waals surface area (Å²) in [4.78, 5) is 14.5. The fourth-order valence-electron chi connectivity index (χ4n) is 3.12. The number of carbonyl (C=O) groups is 1. The van der Waals surface area contributed by atoms with Crippen LogP contribution < -0.4 is 5.32 Å². The van der Waals surface area contributed by atoms with E-state index in [1.54, 1.807) is 24.3 Å².